The number of phenolic OH excluding ortho intramolecular Hbond substituents is 1. The predicted molar refractivity (Wildman–Crippen MR) is 61.6 cm³/mol. The molecule has 15 heavy (non-hydrogen) atoms. The Balaban J connectivity index is 2.89. The third-order valence-electron chi connectivity index (χ3n) is 2.01. The molecule has 0 fully saturated rings. The first-order valence-electron chi connectivity index (χ1n) is 4.87. The Kier molecular flexibility index (Phi) is 4.34. The largest absolute Gasteiger partial charge is 0.508 e. The van der Waals surface area contributed by atoms with Gasteiger partial charge >= 0.3 is 0 Å². The highest BCUT2D eigenvalue weighted by Crippen LogP contribution is 2.20. The molecule has 0 aliphatic rings. The molecule has 0 saturated heterocycles. The van der Waals surface area contributed by atoms with Crippen molar-refractivity contribution in [3.8, 4) is 5.75 Å². The highest BCUT2D eigenvalue weighted by Gasteiger charge is 2.02. The van der Waals surface area contributed by atoms with Gasteiger partial charge in [0.1, 0.15) is 5.75 Å². The molecule has 0 radical (unpaired) electrons. The van der Waals surface area contributed by atoms with Crippen molar-refractivity contribution in [3.63, 3.8) is 0 Å². The molecule has 0 aliphatic carbocycles. The van der Waals surface area contributed by atoms with Crippen LogP contribution in [0.2, 0.25) is 0 Å². The topological polar surface area (TPSA) is 43.7 Å². The van der Waals surface area contributed by atoms with Crippen LogP contribution in [-0.4, -0.2) is 35.8 Å². The number of hydrogen-bond donors (Lipinski definition) is 2. The van der Waals surface area contributed by atoms with E-state index in [4.69, 9.17) is 5.11 Å². The van der Waals surface area contributed by atoms with Gasteiger partial charge in [0, 0.05) is 12.1 Å². The molecule has 0 saturated carbocycles. The van der Waals surface area contributed by atoms with Gasteiger partial charge in [-0.1, -0.05) is 18.2 Å². The molecule has 0 aromatic heterocycles. The molecular formula is C12H17NO2. The molecule has 0 unspecified atom stereocenters. The molecule has 0 aliphatic heterocycles. The number of nitrogens with zero attached hydrogens (tertiary/aromatic N) is 1. The summed E-state index contributed by atoms with van der Waals surface area (Å²) in [5.41, 5.74) is 1.87. The lowest BCUT2D eigenvalue weighted by Crippen LogP contribution is -2.10. The normalized spacial score (nSPS) is 11.5. The Morgan fingerprint density at radius 3 is 2.67 bits per heavy atom. The SMILES string of the molecule is CN(C)Cc1cc(/C=C/CO)ccc1O. The van der Waals surface area contributed by atoms with Crippen LogP contribution in [0.4, 0.5) is 0 Å². The molecule has 2 N–H and O–H groups in total. The zero-order valence-electron chi connectivity index (χ0n) is 9.14. The summed E-state index contributed by atoms with van der Waals surface area (Å²) < 4.78 is 0. The third kappa shape index (κ3) is 3.73. The number of rotatable bonds is 4. The lowest BCUT2D eigenvalue weighted by atomic mass is 10.1. The second kappa shape index (κ2) is 5.53. The van der Waals surface area contributed by atoms with E-state index in [0.717, 1.165) is 11.1 Å². The van der Waals surface area contributed by atoms with Crippen molar-refractivity contribution in [3.05, 3.63) is 35.4 Å². The molecule has 0 atom stereocenters. The molecule has 1 aromatic carbocycles. The Morgan fingerprint density at radius 1 is 1.33 bits per heavy atom. The number of aliphatic hydroxyl groups excluding tert-OH is 1. The summed E-state index contributed by atoms with van der Waals surface area (Å²) in [5, 5.41) is 18.3. The van der Waals surface area contributed by atoms with Crippen LogP contribution in [0.15, 0.2) is 24.3 Å². The maximum atomic E-state index is 9.61. The number of benzene rings is 1. The van der Waals surface area contributed by atoms with Gasteiger partial charge in [-0.15, -0.1) is 0 Å². The summed E-state index contributed by atoms with van der Waals surface area (Å²) in [7, 11) is 3.91. The van der Waals surface area contributed by atoms with Gasteiger partial charge in [0.05, 0.1) is 6.61 Å². The molecular weight excluding hydrogens is 190 g/mol. The summed E-state index contributed by atoms with van der Waals surface area (Å²) >= 11 is 0. The van der Waals surface area contributed by atoms with Gasteiger partial charge in [0.25, 0.3) is 0 Å². The lowest BCUT2D eigenvalue weighted by Gasteiger charge is -2.11. The van der Waals surface area contributed by atoms with Gasteiger partial charge in [0.2, 0.25) is 0 Å². The lowest BCUT2D eigenvalue weighted by molar-refractivity contribution is 0.343. The summed E-state index contributed by atoms with van der Waals surface area (Å²) in [6, 6.07) is 5.41. The third-order valence-corrected chi connectivity index (χ3v) is 2.01. The van der Waals surface area contributed by atoms with Crippen molar-refractivity contribution in [1.82, 2.24) is 4.90 Å². The van der Waals surface area contributed by atoms with Crippen molar-refractivity contribution < 1.29 is 10.2 Å². The van der Waals surface area contributed by atoms with Crippen LogP contribution >= 0.6 is 0 Å². The van der Waals surface area contributed by atoms with E-state index < -0.39 is 0 Å². The van der Waals surface area contributed by atoms with E-state index in [1.807, 2.05) is 37.2 Å². The van der Waals surface area contributed by atoms with Crippen molar-refractivity contribution >= 4 is 6.08 Å². The van der Waals surface area contributed by atoms with Crippen molar-refractivity contribution in [2.24, 2.45) is 0 Å². The highest BCUT2D eigenvalue weighted by atomic mass is 16.3. The average molecular weight is 207 g/mol. The quantitative estimate of drug-likeness (QED) is 0.785. The van der Waals surface area contributed by atoms with Crippen molar-refractivity contribution in [1.29, 1.82) is 0 Å². The van der Waals surface area contributed by atoms with Crippen molar-refractivity contribution in [2.75, 3.05) is 20.7 Å². The van der Waals surface area contributed by atoms with Crippen LogP contribution < -0.4 is 0 Å². The predicted octanol–water partition coefficient (Wildman–Crippen LogP) is 1.46. The summed E-state index contributed by atoms with van der Waals surface area (Å²) in [4.78, 5) is 1.99. The highest BCUT2D eigenvalue weighted by molar-refractivity contribution is 5.53. The first kappa shape index (κ1) is 11.8. The Morgan fingerprint density at radius 2 is 2.07 bits per heavy atom. The summed E-state index contributed by atoms with van der Waals surface area (Å²) in [5.74, 6) is 0.310. The van der Waals surface area contributed by atoms with Crippen LogP contribution in [0, 0.1) is 0 Å². The van der Waals surface area contributed by atoms with E-state index in [0.29, 0.717) is 12.3 Å². The summed E-state index contributed by atoms with van der Waals surface area (Å²) in [6.07, 6.45) is 3.50. The van der Waals surface area contributed by atoms with Gasteiger partial charge in [-0.2, -0.15) is 0 Å². The Hall–Kier alpha value is -1.32. The van der Waals surface area contributed by atoms with Gasteiger partial charge in [-0.3, -0.25) is 0 Å². The fourth-order valence-electron chi connectivity index (χ4n) is 1.37. The number of aromatic hydroxyl groups is 1. The van der Waals surface area contributed by atoms with Crippen LogP contribution in [0.3, 0.4) is 0 Å². The zero-order valence-corrected chi connectivity index (χ0v) is 9.14. The van der Waals surface area contributed by atoms with E-state index in [2.05, 4.69) is 0 Å². The number of hydrogen-bond acceptors (Lipinski definition) is 3. The van der Waals surface area contributed by atoms with Gasteiger partial charge in [0.15, 0.2) is 0 Å². The van der Waals surface area contributed by atoms with Gasteiger partial charge in [-0.05, 0) is 31.8 Å². The molecule has 3 nitrogen and oxygen atoms in total. The molecule has 1 aromatic rings. The molecule has 0 heterocycles. The minimum absolute atomic E-state index is 0.0316. The van der Waals surface area contributed by atoms with E-state index in [9.17, 15) is 5.11 Å². The summed E-state index contributed by atoms with van der Waals surface area (Å²) in [6.45, 7) is 0.733. The van der Waals surface area contributed by atoms with Crippen LogP contribution in [0.25, 0.3) is 6.08 Å². The minimum atomic E-state index is 0.0316. The fraction of sp³-hybridized carbons (Fsp3) is 0.333. The van der Waals surface area contributed by atoms with E-state index >= 15 is 0 Å². The second-order valence-corrected chi connectivity index (χ2v) is 3.71. The molecule has 82 valence electrons. The molecule has 0 amide bonds. The van der Waals surface area contributed by atoms with Crippen LogP contribution in [0.1, 0.15) is 11.1 Å². The Bertz CT molecular complexity index is 345. The average Bonchev–Trinajstić information content (AvgIpc) is 2.18. The maximum absolute atomic E-state index is 9.61. The van der Waals surface area contributed by atoms with Crippen LogP contribution in [-0.2, 0) is 6.54 Å². The minimum Gasteiger partial charge on any atom is -0.508 e. The van der Waals surface area contributed by atoms with Gasteiger partial charge < -0.3 is 15.1 Å². The molecule has 3 heteroatoms. The van der Waals surface area contributed by atoms with Crippen molar-refractivity contribution in [2.45, 2.75) is 6.54 Å². The van der Waals surface area contributed by atoms with E-state index in [1.54, 1.807) is 12.1 Å². The monoisotopic (exact) mass is 207 g/mol. The van der Waals surface area contributed by atoms with Crippen LogP contribution in [0.5, 0.6) is 5.75 Å². The molecule has 1 rings (SSSR count). The fourth-order valence-corrected chi connectivity index (χ4v) is 1.37. The Labute approximate surface area is 90.3 Å². The maximum Gasteiger partial charge on any atom is 0.120 e. The van der Waals surface area contributed by atoms with E-state index in [-0.39, 0.29) is 6.61 Å². The number of phenols is 1. The first-order chi connectivity index (χ1) is 7.13. The second-order valence-electron chi connectivity index (χ2n) is 3.71. The zero-order chi connectivity index (χ0) is 11.3. The van der Waals surface area contributed by atoms with E-state index in [1.165, 1.54) is 0 Å². The van der Waals surface area contributed by atoms with Gasteiger partial charge in [-0.25, -0.2) is 0 Å². The smallest absolute Gasteiger partial charge is 0.120 e. The molecule has 0 bridgehead atoms. The molecule has 0 spiro atoms. The first-order valence-corrected chi connectivity index (χ1v) is 4.87. The number of aliphatic hydroxyl groups is 1. The standard InChI is InChI=1S/C12H17NO2/c1-13(2)9-11-8-10(4-3-7-14)5-6-12(11)15/h3-6,8,14-15H,7,9H2,1-2H3/b4-3+.